The molecule has 0 aromatic carbocycles. The van der Waals surface area contributed by atoms with Gasteiger partial charge < -0.3 is 27.9 Å². The maximum atomic E-state index is 12.7. The van der Waals surface area contributed by atoms with Crippen molar-refractivity contribution < 1.29 is 37.3 Å². The molecule has 9 heteroatoms. The minimum atomic E-state index is -4.54. The van der Waals surface area contributed by atoms with E-state index < -0.39 is 13.9 Å². The summed E-state index contributed by atoms with van der Waals surface area (Å²) in [4.78, 5) is 25.1. The van der Waals surface area contributed by atoms with Crippen LogP contribution in [0.2, 0.25) is 0 Å². The van der Waals surface area contributed by atoms with Gasteiger partial charge in [-0.1, -0.05) is 196 Å². The second kappa shape index (κ2) is 44.5. The van der Waals surface area contributed by atoms with Crippen molar-refractivity contribution in [3.63, 3.8) is 0 Å². The lowest BCUT2D eigenvalue weighted by Gasteiger charge is -2.28. The van der Waals surface area contributed by atoms with Crippen LogP contribution in [0.1, 0.15) is 194 Å². The van der Waals surface area contributed by atoms with E-state index in [2.05, 4.69) is 86.8 Å². The van der Waals surface area contributed by atoms with Gasteiger partial charge in [0.15, 0.2) is 0 Å². The number of nitrogens with zero attached hydrogens (tertiary/aromatic N) is 1. The summed E-state index contributed by atoms with van der Waals surface area (Å²) in [7, 11) is 1.34. The Balaban J connectivity index is 4.21. The van der Waals surface area contributed by atoms with Gasteiger partial charge in [-0.3, -0.25) is 9.36 Å². The number of phosphoric acid groups is 1. The van der Waals surface area contributed by atoms with Gasteiger partial charge in [-0.05, 0) is 64.2 Å². The van der Waals surface area contributed by atoms with E-state index in [-0.39, 0.29) is 25.8 Å². The van der Waals surface area contributed by atoms with E-state index in [1.807, 2.05) is 21.1 Å². The first-order valence-corrected chi connectivity index (χ1v) is 26.1. The van der Waals surface area contributed by atoms with E-state index in [0.29, 0.717) is 24.1 Å². The Hall–Kier alpha value is -2.06. The molecule has 0 fully saturated rings. The van der Waals surface area contributed by atoms with Gasteiger partial charge in [-0.15, -0.1) is 0 Å². The summed E-state index contributed by atoms with van der Waals surface area (Å²) < 4.78 is 34.7. The average Bonchev–Trinajstić information content (AvgIpc) is 3.22. The third-order valence-corrected chi connectivity index (χ3v) is 11.2. The Kier molecular flexibility index (Phi) is 43.0. The second-order valence-corrected chi connectivity index (χ2v) is 18.9. The molecule has 0 aliphatic carbocycles. The molecular formula is C52H94NO7P. The summed E-state index contributed by atoms with van der Waals surface area (Å²) in [5.41, 5.74) is 0. The number of carbonyl (C=O) groups is 1. The van der Waals surface area contributed by atoms with Crippen molar-refractivity contribution in [2.24, 2.45) is 0 Å². The standard InChI is InChI=1S/C52H94NO7P/c1-6-8-10-12-14-16-18-20-22-23-24-25-26-27-28-29-30-32-34-36-38-40-42-44-47-57-49-51(50-59-61(55,56)58-48-46-53(3,4)5)60-52(54)45-43-41-39-37-35-33-31-21-19-17-15-13-11-9-7-2/h8,10,14,16,20,22,24-25,27-28,30,32,51H,6-7,9,11-13,15,17-19,21,23,26,29,31,33-50H2,1-5H3/b10-8-,16-14-,22-20-,25-24-,28-27-,32-30-. The fourth-order valence-electron chi connectivity index (χ4n) is 6.49. The number of unbranched alkanes of at least 4 members (excludes halogenated alkanes) is 19. The number of allylic oxidation sites excluding steroid dienone is 12. The van der Waals surface area contributed by atoms with Gasteiger partial charge in [0.25, 0.3) is 7.82 Å². The van der Waals surface area contributed by atoms with Gasteiger partial charge in [0.05, 0.1) is 34.4 Å². The first-order chi connectivity index (χ1) is 29.6. The molecule has 0 spiro atoms. The monoisotopic (exact) mass is 876 g/mol. The minimum absolute atomic E-state index is 0.0197. The summed E-state index contributed by atoms with van der Waals surface area (Å²) in [6.45, 7) is 5.25. The highest BCUT2D eigenvalue weighted by Gasteiger charge is 2.20. The molecule has 2 atom stereocenters. The van der Waals surface area contributed by atoms with E-state index in [4.69, 9.17) is 18.5 Å². The van der Waals surface area contributed by atoms with Gasteiger partial charge in [0.2, 0.25) is 0 Å². The fourth-order valence-corrected chi connectivity index (χ4v) is 7.22. The van der Waals surface area contributed by atoms with Gasteiger partial charge in [-0.25, -0.2) is 0 Å². The number of carbonyl (C=O) groups excluding carboxylic acids is 1. The Morgan fingerprint density at radius 2 is 0.951 bits per heavy atom. The number of phosphoric ester groups is 1. The summed E-state index contributed by atoms with van der Waals surface area (Å²) in [5, 5.41) is 0. The summed E-state index contributed by atoms with van der Waals surface area (Å²) in [5.74, 6) is -0.342. The number of hydrogen-bond acceptors (Lipinski definition) is 7. The van der Waals surface area contributed by atoms with Crippen molar-refractivity contribution in [1.82, 2.24) is 0 Å². The molecule has 0 N–H and O–H groups in total. The molecule has 0 saturated heterocycles. The van der Waals surface area contributed by atoms with Crippen LogP contribution < -0.4 is 4.89 Å². The fraction of sp³-hybridized carbons (Fsp3) is 0.750. The van der Waals surface area contributed by atoms with Crippen LogP contribution >= 0.6 is 7.82 Å². The van der Waals surface area contributed by atoms with Crippen LogP contribution in [-0.2, 0) is 27.9 Å². The van der Waals surface area contributed by atoms with Crippen LogP contribution in [0, 0.1) is 0 Å². The van der Waals surface area contributed by atoms with Gasteiger partial charge in [-0.2, -0.15) is 0 Å². The normalized spacial score (nSPS) is 14.3. The SMILES string of the molecule is CC/C=C\C/C=C\C/C=C\C/C=C\C/C=C\C/C=C\CCCCCCCOCC(COP(=O)([O-])OCC[N+](C)(C)C)OC(=O)CCCCCCCCCCCCCCCCC. The highest BCUT2D eigenvalue weighted by Crippen LogP contribution is 2.38. The summed E-state index contributed by atoms with van der Waals surface area (Å²) in [6.07, 6.45) is 57.8. The van der Waals surface area contributed by atoms with E-state index in [9.17, 15) is 14.3 Å². The lowest BCUT2D eigenvalue weighted by molar-refractivity contribution is -0.870. The number of quaternary nitrogens is 1. The first kappa shape index (κ1) is 58.9. The predicted octanol–water partition coefficient (Wildman–Crippen LogP) is 14.4. The predicted molar refractivity (Wildman–Crippen MR) is 259 cm³/mol. The topological polar surface area (TPSA) is 94.1 Å². The Morgan fingerprint density at radius 3 is 1.43 bits per heavy atom. The third-order valence-electron chi connectivity index (χ3n) is 10.3. The van der Waals surface area contributed by atoms with Crippen molar-refractivity contribution in [3.8, 4) is 0 Å². The molecule has 0 radical (unpaired) electrons. The zero-order valence-corrected chi connectivity index (χ0v) is 41.0. The van der Waals surface area contributed by atoms with Crippen LogP contribution in [0.25, 0.3) is 0 Å². The molecule has 0 saturated carbocycles. The Labute approximate surface area is 376 Å². The zero-order chi connectivity index (χ0) is 44.8. The molecule has 8 nitrogen and oxygen atoms in total. The molecule has 354 valence electrons. The number of esters is 1. The molecule has 0 amide bonds. The highest BCUT2D eigenvalue weighted by atomic mass is 31.2. The Bertz CT molecular complexity index is 1200. The molecule has 0 heterocycles. The largest absolute Gasteiger partial charge is 0.756 e. The van der Waals surface area contributed by atoms with Gasteiger partial charge in [0, 0.05) is 13.0 Å². The van der Waals surface area contributed by atoms with Crippen molar-refractivity contribution in [3.05, 3.63) is 72.9 Å². The van der Waals surface area contributed by atoms with E-state index in [1.165, 1.54) is 89.9 Å². The molecular weight excluding hydrogens is 782 g/mol. The lowest BCUT2D eigenvalue weighted by Crippen LogP contribution is -2.37. The smallest absolute Gasteiger partial charge is 0.306 e. The van der Waals surface area contributed by atoms with Crippen LogP contribution in [0.4, 0.5) is 0 Å². The molecule has 0 bridgehead atoms. The lowest BCUT2D eigenvalue weighted by atomic mass is 10.0. The van der Waals surface area contributed by atoms with E-state index in [0.717, 1.165) is 83.5 Å². The minimum Gasteiger partial charge on any atom is -0.756 e. The number of hydrogen-bond donors (Lipinski definition) is 0. The van der Waals surface area contributed by atoms with Crippen molar-refractivity contribution in [2.45, 2.75) is 200 Å². The quantitative estimate of drug-likeness (QED) is 0.0198. The molecule has 61 heavy (non-hydrogen) atoms. The van der Waals surface area contributed by atoms with Crippen LogP contribution in [0.15, 0.2) is 72.9 Å². The molecule has 0 aromatic rings. The zero-order valence-electron chi connectivity index (χ0n) is 40.1. The molecule has 0 aliphatic heterocycles. The van der Waals surface area contributed by atoms with Gasteiger partial charge in [0.1, 0.15) is 19.3 Å². The van der Waals surface area contributed by atoms with Crippen molar-refractivity contribution >= 4 is 13.8 Å². The first-order valence-electron chi connectivity index (χ1n) is 24.7. The second-order valence-electron chi connectivity index (χ2n) is 17.4. The van der Waals surface area contributed by atoms with Crippen LogP contribution in [0.3, 0.4) is 0 Å². The number of ether oxygens (including phenoxy) is 2. The third kappa shape index (κ3) is 48.8. The molecule has 0 rings (SSSR count). The highest BCUT2D eigenvalue weighted by molar-refractivity contribution is 7.45. The van der Waals surface area contributed by atoms with Crippen LogP contribution in [0.5, 0.6) is 0 Å². The maximum absolute atomic E-state index is 12.7. The molecule has 0 aliphatic rings. The number of likely N-dealkylation sites (N-methyl/N-ethyl adjacent to an activating group) is 1. The molecule has 0 aromatic heterocycles. The van der Waals surface area contributed by atoms with Crippen LogP contribution in [-0.4, -0.2) is 70.7 Å². The number of rotatable bonds is 45. The van der Waals surface area contributed by atoms with Crippen molar-refractivity contribution in [2.75, 3.05) is 54.1 Å². The van der Waals surface area contributed by atoms with Gasteiger partial charge >= 0.3 is 5.97 Å². The average molecular weight is 876 g/mol. The van der Waals surface area contributed by atoms with E-state index >= 15 is 0 Å². The van der Waals surface area contributed by atoms with E-state index in [1.54, 1.807) is 0 Å². The molecule has 2 unspecified atom stereocenters. The summed E-state index contributed by atoms with van der Waals surface area (Å²) in [6, 6.07) is 0. The summed E-state index contributed by atoms with van der Waals surface area (Å²) >= 11 is 0. The maximum Gasteiger partial charge on any atom is 0.306 e. The van der Waals surface area contributed by atoms with Crippen molar-refractivity contribution in [1.29, 1.82) is 0 Å². The Morgan fingerprint density at radius 1 is 0.525 bits per heavy atom.